The van der Waals surface area contributed by atoms with Gasteiger partial charge in [0, 0.05) is 7.05 Å². The molecule has 19 heavy (non-hydrogen) atoms. The van der Waals surface area contributed by atoms with Crippen LogP contribution in [0.3, 0.4) is 0 Å². The number of nitrogens with one attached hydrogen (secondary N) is 1. The average Bonchev–Trinajstić information content (AvgIpc) is 2.99. The van der Waals surface area contributed by atoms with Gasteiger partial charge in [0.1, 0.15) is 5.69 Å². The van der Waals surface area contributed by atoms with Crippen LogP contribution in [0.15, 0.2) is 17.3 Å². The van der Waals surface area contributed by atoms with Crippen molar-refractivity contribution in [1.82, 2.24) is 19.5 Å². The fourth-order valence-electron chi connectivity index (χ4n) is 2.76. The molecular formula is C13H16N4O2. The van der Waals surface area contributed by atoms with Crippen molar-refractivity contribution in [3.05, 3.63) is 28.4 Å². The number of rotatable bonds is 2. The lowest BCUT2D eigenvalue weighted by Gasteiger charge is -2.11. The van der Waals surface area contributed by atoms with Crippen molar-refractivity contribution in [3.63, 3.8) is 0 Å². The zero-order valence-corrected chi connectivity index (χ0v) is 10.8. The summed E-state index contributed by atoms with van der Waals surface area (Å²) < 4.78 is 1.74. The molecule has 0 spiro atoms. The second-order valence-electron chi connectivity index (χ2n) is 5.02. The van der Waals surface area contributed by atoms with E-state index in [4.69, 9.17) is 0 Å². The van der Waals surface area contributed by atoms with Crippen LogP contribution in [0.4, 0.5) is 0 Å². The summed E-state index contributed by atoms with van der Waals surface area (Å²) in [6.07, 6.45) is 7.33. The lowest BCUT2D eigenvalue weighted by Crippen LogP contribution is -2.18. The summed E-state index contributed by atoms with van der Waals surface area (Å²) in [6, 6.07) is 0. The number of hydrogen-bond acceptors (Lipinski definition) is 4. The summed E-state index contributed by atoms with van der Waals surface area (Å²) in [5.74, 6) is 0.341. The van der Waals surface area contributed by atoms with Crippen LogP contribution in [0.5, 0.6) is 5.88 Å². The van der Waals surface area contributed by atoms with E-state index >= 15 is 0 Å². The molecule has 100 valence electrons. The van der Waals surface area contributed by atoms with Crippen LogP contribution in [0.2, 0.25) is 0 Å². The van der Waals surface area contributed by atoms with E-state index in [2.05, 4.69) is 15.0 Å². The zero-order valence-electron chi connectivity index (χ0n) is 10.8. The molecule has 2 N–H and O–H groups in total. The van der Waals surface area contributed by atoms with Gasteiger partial charge >= 0.3 is 0 Å². The van der Waals surface area contributed by atoms with Crippen LogP contribution in [-0.4, -0.2) is 24.6 Å². The topological polar surface area (TPSA) is 83.8 Å². The Hall–Kier alpha value is -2.11. The first-order valence-electron chi connectivity index (χ1n) is 6.46. The highest BCUT2D eigenvalue weighted by atomic mass is 16.3. The fourth-order valence-corrected chi connectivity index (χ4v) is 2.76. The number of aromatic nitrogens is 4. The molecule has 0 amide bonds. The minimum atomic E-state index is -0.240. The van der Waals surface area contributed by atoms with Crippen LogP contribution < -0.4 is 5.56 Å². The van der Waals surface area contributed by atoms with Gasteiger partial charge < -0.3 is 14.7 Å². The SMILES string of the molecule is Cn1cncc1-c1nc(O)c(C2CCCC2)c(=O)[nH]1. The lowest BCUT2D eigenvalue weighted by molar-refractivity contribution is 0.436. The van der Waals surface area contributed by atoms with E-state index in [1.165, 1.54) is 0 Å². The number of aromatic hydroxyl groups is 1. The molecule has 0 aliphatic heterocycles. The molecule has 6 heteroatoms. The van der Waals surface area contributed by atoms with Crippen molar-refractivity contribution in [2.24, 2.45) is 7.05 Å². The number of nitrogens with zero attached hydrogens (tertiary/aromatic N) is 3. The molecule has 1 aliphatic carbocycles. The third-order valence-corrected chi connectivity index (χ3v) is 3.76. The Bertz CT molecular complexity index is 653. The minimum absolute atomic E-state index is 0.136. The van der Waals surface area contributed by atoms with Gasteiger partial charge in [0.2, 0.25) is 5.88 Å². The molecule has 0 aromatic carbocycles. The summed E-state index contributed by atoms with van der Waals surface area (Å²) in [5.41, 5.74) is 0.865. The highest BCUT2D eigenvalue weighted by Crippen LogP contribution is 2.35. The fraction of sp³-hybridized carbons (Fsp3) is 0.462. The Morgan fingerprint density at radius 3 is 2.74 bits per heavy atom. The van der Waals surface area contributed by atoms with E-state index < -0.39 is 0 Å². The normalized spacial score (nSPS) is 16.1. The second kappa shape index (κ2) is 4.53. The first kappa shape index (κ1) is 12.0. The van der Waals surface area contributed by atoms with Crippen molar-refractivity contribution in [1.29, 1.82) is 0 Å². The lowest BCUT2D eigenvalue weighted by atomic mass is 10.00. The van der Waals surface area contributed by atoms with Gasteiger partial charge in [-0.15, -0.1) is 0 Å². The third-order valence-electron chi connectivity index (χ3n) is 3.76. The Morgan fingerprint density at radius 1 is 1.42 bits per heavy atom. The Balaban J connectivity index is 2.07. The summed E-state index contributed by atoms with van der Waals surface area (Å²) >= 11 is 0. The maximum atomic E-state index is 12.2. The minimum Gasteiger partial charge on any atom is -0.493 e. The molecule has 0 saturated heterocycles. The van der Waals surface area contributed by atoms with E-state index in [0.717, 1.165) is 25.7 Å². The molecule has 2 aromatic rings. The molecule has 2 heterocycles. The monoisotopic (exact) mass is 260 g/mol. The Kier molecular flexibility index (Phi) is 2.85. The van der Waals surface area contributed by atoms with Gasteiger partial charge in [0.05, 0.1) is 18.1 Å². The van der Waals surface area contributed by atoms with E-state index in [9.17, 15) is 9.90 Å². The molecule has 0 radical (unpaired) electrons. The van der Waals surface area contributed by atoms with Gasteiger partial charge in [-0.3, -0.25) is 4.79 Å². The largest absolute Gasteiger partial charge is 0.493 e. The molecule has 1 aliphatic rings. The molecule has 2 aromatic heterocycles. The summed E-state index contributed by atoms with van der Waals surface area (Å²) in [4.78, 5) is 23.0. The highest BCUT2D eigenvalue weighted by Gasteiger charge is 2.25. The van der Waals surface area contributed by atoms with E-state index in [1.54, 1.807) is 17.1 Å². The molecule has 0 atom stereocenters. The zero-order chi connectivity index (χ0) is 13.4. The van der Waals surface area contributed by atoms with Crippen molar-refractivity contribution in [2.45, 2.75) is 31.6 Å². The number of aryl methyl sites for hydroxylation is 1. The predicted octanol–water partition coefficient (Wildman–Crippen LogP) is 1.53. The van der Waals surface area contributed by atoms with Crippen molar-refractivity contribution in [3.8, 4) is 17.4 Å². The van der Waals surface area contributed by atoms with E-state index in [1.807, 2.05) is 7.05 Å². The first-order valence-corrected chi connectivity index (χ1v) is 6.46. The molecule has 0 unspecified atom stereocenters. The van der Waals surface area contributed by atoms with Gasteiger partial charge in [-0.2, -0.15) is 4.98 Å². The van der Waals surface area contributed by atoms with Crippen molar-refractivity contribution in [2.75, 3.05) is 0 Å². The molecule has 3 rings (SSSR count). The highest BCUT2D eigenvalue weighted by molar-refractivity contribution is 5.50. The standard InChI is InChI=1S/C13H16N4O2/c1-17-7-14-6-9(17)11-15-12(18)10(13(19)16-11)8-4-2-3-5-8/h6-8H,2-5H2,1H3,(H2,15,16,18,19). The molecule has 1 saturated carbocycles. The maximum absolute atomic E-state index is 12.2. The van der Waals surface area contributed by atoms with Gasteiger partial charge in [0.25, 0.3) is 5.56 Å². The maximum Gasteiger partial charge on any atom is 0.258 e. The van der Waals surface area contributed by atoms with Crippen LogP contribution >= 0.6 is 0 Å². The van der Waals surface area contributed by atoms with Crippen LogP contribution in [0, 0.1) is 0 Å². The average molecular weight is 260 g/mol. The van der Waals surface area contributed by atoms with Crippen LogP contribution in [0.25, 0.3) is 11.5 Å². The quantitative estimate of drug-likeness (QED) is 0.857. The van der Waals surface area contributed by atoms with Crippen LogP contribution in [0.1, 0.15) is 37.2 Å². The molecular weight excluding hydrogens is 244 g/mol. The van der Waals surface area contributed by atoms with Gasteiger partial charge in [-0.25, -0.2) is 4.98 Å². The number of H-pyrrole nitrogens is 1. The Labute approximate surface area is 110 Å². The molecule has 1 fully saturated rings. The van der Waals surface area contributed by atoms with E-state index in [0.29, 0.717) is 17.1 Å². The number of hydrogen-bond donors (Lipinski definition) is 2. The third kappa shape index (κ3) is 2.03. The summed E-state index contributed by atoms with van der Waals surface area (Å²) in [6.45, 7) is 0. The van der Waals surface area contributed by atoms with Crippen molar-refractivity contribution >= 4 is 0 Å². The summed E-state index contributed by atoms with van der Waals surface area (Å²) in [7, 11) is 1.81. The van der Waals surface area contributed by atoms with Gasteiger partial charge in [0.15, 0.2) is 5.82 Å². The van der Waals surface area contributed by atoms with Gasteiger partial charge in [-0.05, 0) is 18.8 Å². The molecule has 6 nitrogen and oxygen atoms in total. The Morgan fingerprint density at radius 2 is 2.16 bits per heavy atom. The second-order valence-corrected chi connectivity index (χ2v) is 5.02. The van der Waals surface area contributed by atoms with Gasteiger partial charge in [-0.1, -0.05) is 12.8 Å². The number of aromatic amines is 1. The number of imidazole rings is 1. The van der Waals surface area contributed by atoms with Crippen LogP contribution in [-0.2, 0) is 7.05 Å². The first-order chi connectivity index (χ1) is 9.16. The smallest absolute Gasteiger partial charge is 0.258 e. The summed E-state index contributed by atoms with van der Waals surface area (Å²) in [5, 5.41) is 10.1. The predicted molar refractivity (Wildman–Crippen MR) is 69.9 cm³/mol. The van der Waals surface area contributed by atoms with Crippen molar-refractivity contribution < 1.29 is 5.11 Å². The molecule has 0 bridgehead atoms. The van der Waals surface area contributed by atoms with E-state index in [-0.39, 0.29) is 17.4 Å².